The van der Waals surface area contributed by atoms with E-state index in [1.54, 1.807) is 37.4 Å². The summed E-state index contributed by atoms with van der Waals surface area (Å²) in [6.07, 6.45) is 2.79. The van der Waals surface area contributed by atoms with Gasteiger partial charge in [-0.1, -0.05) is 68.8 Å². The summed E-state index contributed by atoms with van der Waals surface area (Å²) in [5, 5.41) is 18.2. The summed E-state index contributed by atoms with van der Waals surface area (Å²) in [4.78, 5) is 53.2. The van der Waals surface area contributed by atoms with Gasteiger partial charge in [-0.3, -0.25) is 14.4 Å². The van der Waals surface area contributed by atoms with Gasteiger partial charge in [-0.15, -0.1) is 0 Å². The Morgan fingerprint density at radius 2 is 1.63 bits per heavy atom. The third-order valence-corrected chi connectivity index (χ3v) is 6.59. The molecule has 1 aromatic heterocycles. The fraction of sp³-hybridized carbons (Fsp3) is 0.357. The molecule has 0 radical (unpaired) electrons. The number of aliphatic carboxylic acids is 1. The van der Waals surface area contributed by atoms with E-state index in [4.69, 9.17) is 5.73 Å². The molecule has 2 aromatic carbocycles. The van der Waals surface area contributed by atoms with Gasteiger partial charge in [-0.2, -0.15) is 0 Å². The zero-order chi connectivity index (χ0) is 27.7. The van der Waals surface area contributed by atoms with E-state index in [-0.39, 0.29) is 25.3 Å². The molecule has 0 saturated carbocycles. The number of aromatic nitrogens is 1. The Morgan fingerprint density at radius 3 is 2.32 bits per heavy atom. The highest BCUT2D eigenvalue weighted by Crippen LogP contribution is 2.18. The third-order valence-electron chi connectivity index (χ3n) is 6.59. The predicted octanol–water partition coefficient (Wildman–Crippen LogP) is 1.50. The van der Waals surface area contributed by atoms with Crippen molar-refractivity contribution in [3.63, 3.8) is 0 Å². The molecule has 0 aliphatic heterocycles. The molecule has 3 rings (SSSR count). The highest BCUT2D eigenvalue weighted by Gasteiger charge is 2.30. The monoisotopic (exact) mass is 521 g/mol. The molecule has 3 amide bonds. The number of aromatic amines is 1. The number of amides is 3. The first-order valence-electron chi connectivity index (χ1n) is 12.6. The number of fused-ring (bicyclic) bond motifs is 1. The van der Waals surface area contributed by atoms with E-state index in [0.29, 0.717) is 6.42 Å². The van der Waals surface area contributed by atoms with Crippen molar-refractivity contribution in [2.24, 2.45) is 11.7 Å². The van der Waals surface area contributed by atoms with Crippen LogP contribution in [0.4, 0.5) is 0 Å². The average molecular weight is 522 g/mol. The number of hydrogen-bond acceptors (Lipinski definition) is 5. The quantitative estimate of drug-likeness (QED) is 0.199. The lowest BCUT2D eigenvalue weighted by molar-refractivity contribution is -0.143. The van der Waals surface area contributed by atoms with Crippen LogP contribution in [0.1, 0.15) is 31.4 Å². The van der Waals surface area contributed by atoms with Crippen molar-refractivity contribution in [2.45, 2.75) is 51.2 Å². The lowest BCUT2D eigenvalue weighted by Gasteiger charge is -2.24. The van der Waals surface area contributed by atoms with Crippen LogP contribution in [0.5, 0.6) is 0 Å². The zero-order valence-electron chi connectivity index (χ0n) is 21.6. The van der Waals surface area contributed by atoms with E-state index in [1.807, 2.05) is 37.3 Å². The Labute approximate surface area is 221 Å². The molecule has 7 N–H and O–H groups in total. The Morgan fingerprint density at radius 1 is 0.947 bits per heavy atom. The first-order valence-corrected chi connectivity index (χ1v) is 12.6. The molecule has 10 heteroatoms. The maximum atomic E-state index is 13.1. The van der Waals surface area contributed by atoms with E-state index in [2.05, 4.69) is 20.9 Å². The van der Waals surface area contributed by atoms with Crippen LogP contribution < -0.4 is 21.7 Å². The molecule has 202 valence electrons. The number of nitrogens with one attached hydrogen (secondary N) is 4. The molecule has 0 bridgehead atoms. The second-order valence-corrected chi connectivity index (χ2v) is 9.41. The summed E-state index contributed by atoms with van der Waals surface area (Å²) in [6, 6.07) is 13.7. The van der Waals surface area contributed by atoms with Crippen LogP contribution in [0.25, 0.3) is 10.9 Å². The molecule has 10 nitrogen and oxygen atoms in total. The number of carbonyl (C=O) groups excluding carboxylic acids is 3. The molecular formula is C28H35N5O5. The summed E-state index contributed by atoms with van der Waals surface area (Å²) >= 11 is 0. The minimum atomic E-state index is -1.14. The van der Waals surface area contributed by atoms with E-state index in [1.165, 1.54) is 0 Å². The molecule has 0 aliphatic carbocycles. The SMILES string of the molecule is CCC(C)C(NC(=O)C(Cc1ccccc1)NC(=O)CNC(=O)C(N)Cc1c[nH]c2ccccc12)C(=O)O. The van der Waals surface area contributed by atoms with Crippen LogP contribution in [-0.4, -0.2) is 58.5 Å². The van der Waals surface area contributed by atoms with Crippen molar-refractivity contribution in [2.75, 3.05) is 6.54 Å². The fourth-order valence-corrected chi connectivity index (χ4v) is 4.17. The van der Waals surface area contributed by atoms with Gasteiger partial charge < -0.3 is 31.8 Å². The maximum absolute atomic E-state index is 13.1. The van der Waals surface area contributed by atoms with Gasteiger partial charge in [-0.05, 0) is 29.5 Å². The van der Waals surface area contributed by atoms with Crippen molar-refractivity contribution in [1.82, 2.24) is 20.9 Å². The van der Waals surface area contributed by atoms with Gasteiger partial charge >= 0.3 is 5.97 Å². The number of carbonyl (C=O) groups is 4. The Hall–Kier alpha value is -4.18. The van der Waals surface area contributed by atoms with E-state index in [0.717, 1.165) is 22.0 Å². The zero-order valence-corrected chi connectivity index (χ0v) is 21.6. The number of carboxylic acids is 1. The molecule has 0 aliphatic rings. The summed E-state index contributed by atoms with van der Waals surface area (Å²) < 4.78 is 0. The van der Waals surface area contributed by atoms with Crippen molar-refractivity contribution in [3.8, 4) is 0 Å². The molecule has 4 atom stereocenters. The fourth-order valence-electron chi connectivity index (χ4n) is 4.17. The minimum Gasteiger partial charge on any atom is -0.480 e. The Bertz CT molecular complexity index is 1260. The average Bonchev–Trinajstić information content (AvgIpc) is 3.32. The summed E-state index contributed by atoms with van der Waals surface area (Å²) in [5.74, 6) is -3.16. The van der Waals surface area contributed by atoms with Gasteiger partial charge in [0.15, 0.2) is 0 Å². The van der Waals surface area contributed by atoms with Crippen LogP contribution >= 0.6 is 0 Å². The standard InChI is InChI=1S/C28H35N5O5/c1-3-17(2)25(28(37)38)33-27(36)23(13-18-9-5-4-6-10-18)32-24(34)16-31-26(35)21(29)14-19-15-30-22-12-8-7-11-20(19)22/h4-12,15,17,21,23,25,30H,3,13-14,16,29H2,1-2H3,(H,31,35)(H,32,34)(H,33,36)(H,37,38). The maximum Gasteiger partial charge on any atom is 0.326 e. The van der Waals surface area contributed by atoms with Crippen molar-refractivity contribution in [1.29, 1.82) is 0 Å². The van der Waals surface area contributed by atoms with Gasteiger partial charge in [0.05, 0.1) is 12.6 Å². The first kappa shape index (κ1) is 28.4. The number of carboxylic acid groups (broad SMARTS) is 1. The van der Waals surface area contributed by atoms with Crippen LogP contribution in [0, 0.1) is 5.92 Å². The number of hydrogen-bond donors (Lipinski definition) is 6. The minimum absolute atomic E-state index is 0.152. The summed E-state index contributed by atoms with van der Waals surface area (Å²) in [6.45, 7) is 3.19. The molecule has 0 spiro atoms. The number of rotatable bonds is 13. The van der Waals surface area contributed by atoms with Gasteiger partial charge in [0, 0.05) is 23.5 Å². The van der Waals surface area contributed by atoms with Crippen molar-refractivity contribution in [3.05, 3.63) is 71.9 Å². The highest BCUT2D eigenvalue weighted by molar-refractivity contribution is 5.93. The van der Waals surface area contributed by atoms with Crippen LogP contribution in [0.15, 0.2) is 60.8 Å². The largest absolute Gasteiger partial charge is 0.480 e. The Kier molecular flexibility index (Phi) is 10.0. The van der Waals surface area contributed by atoms with Gasteiger partial charge in [0.1, 0.15) is 12.1 Å². The van der Waals surface area contributed by atoms with Crippen LogP contribution in [-0.2, 0) is 32.0 Å². The summed E-state index contributed by atoms with van der Waals surface area (Å²) in [7, 11) is 0. The third kappa shape index (κ3) is 7.66. The number of para-hydroxylation sites is 1. The lowest BCUT2D eigenvalue weighted by Crippen LogP contribution is -2.55. The lowest BCUT2D eigenvalue weighted by atomic mass is 9.98. The van der Waals surface area contributed by atoms with Crippen molar-refractivity contribution >= 4 is 34.6 Å². The molecule has 3 aromatic rings. The number of benzene rings is 2. The molecular weight excluding hydrogens is 486 g/mol. The van der Waals surface area contributed by atoms with Gasteiger partial charge in [0.25, 0.3) is 0 Å². The first-order chi connectivity index (χ1) is 18.2. The second kappa shape index (κ2) is 13.4. The smallest absolute Gasteiger partial charge is 0.326 e. The van der Waals surface area contributed by atoms with Crippen molar-refractivity contribution < 1.29 is 24.3 Å². The topological polar surface area (TPSA) is 166 Å². The molecule has 0 saturated heterocycles. The number of nitrogens with two attached hydrogens (primary N) is 1. The molecule has 38 heavy (non-hydrogen) atoms. The predicted molar refractivity (Wildman–Crippen MR) is 144 cm³/mol. The highest BCUT2D eigenvalue weighted by atomic mass is 16.4. The molecule has 4 unspecified atom stereocenters. The second-order valence-electron chi connectivity index (χ2n) is 9.41. The van der Waals surface area contributed by atoms with Gasteiger partial charge in [-0.25, -0.2) is 4.79 Å². The van der Waals surface area contributed by atoms with Gasteiger partial charge in [0.2, 0.25) is 17.7 Å². The number of H-pyrrole nitrogens is 1. The summed E-state index contributed by atoms with van der Waals surface area (Å²) in [5.41, 5.74) is 8.70. The van der Waals surface area contributed by atoms with E-state index in [9.17, 15) is 24.3 Å². The normalized spacial score (nSPS) is 14.2. The van der Waals surface area contributed by atoms with Crippen LogP contribution in [0.2, 0.25) is 0 Å². The van der Waals surface area contributed by atoms with Crippen LogP contribution in [0.3, 0.4) is 0 Å². The molecule has 1 heterocycles. The Balaban J connectivity index is 1.61. The molecule has 0 fully saturated rings. The van der Waals surface area contributed by atoms with E-state index < -0.39 is 41.8 Å². The van der Waals surface area contributed by atoms with E-state index >= 15 is 0 Å².